The zero-order valence-electron chi connectivity index (χ0n) is 10.6. The molecule has 0 amide bonds. The van der Waals surface area contributed by atoms with E-state index in [0.717, 1.165) is 19.5 Å². The van der Waals surface area contributed by atoms with Gasteiger partial charge in [0.25, 0.3) is 0 Å². The molecule has 1 aromatic heterocycles. The predicted octanol–water partition coefficient (Wildman–Crippen LogP) is 2.70. The van der Waals surface area contributed by atoms with Crippen molar-refractivity contribution in [3.8, 4) is 0 Å². The number of hydrogen-bond acceptors (Lipinski definition) is 3. The quantitative estimate of drug-likeness (QED) is 0.759. The van der Waals surface area contributed by atoms with E-state index in [1.165, 1.54) is 18.0 Å². The second-order valence-corrected chi connectivity index (χ2v) is 4.85. The number of hydrogen-bond donors (Lipinski definition) is 1. The van der Waals surface area contributed by atoms with Crippen molar-refractivity contribution in [3.05, 3.63) is 18.2 Å². The normalized spacial score (nSPS) is 12.9. The van der Waals surface area contributed by atoms with Gasteiger partial charge < -0.3 is 9.88 Å². The molecule has 0 fully saturated rings. The predicted molar refractivity (Wildman–Crippen MR) is 71.9 cm³/mol. The van der Waals surface area contributed by atoms with Crippen LogP contribution in [-0.4, -0.2) is 28.1 Å². The second kappa shape index (κ2) is 7.74. The maximum Gasteiger partial charge on any atom is 0.125 e. The zero-order chi connectivity index (χ0) is 11.8. The first kappa shape index (κ1) is 13.6. The SMILES string of the molecule is CCCNC(CCSC)c1nccn1CC. The van der Waals surface area contributed by atoms with Gasteiger partial charge in [0.05, 0.1) is 6.04 Å². The van der Waals surface area contributed by atoms with Crippen LogP contribution in [0.3, 0.4) is 0 Å². The molecule has 1 unspecified atom stereocenters. The minimum Gasteiger partial charge on any atom is -0.334 e. The number of aryl methyl sites for hydroxylation is 1. The topological polar surface area (TPSA) is 29.9 Å². The monoisotopic (exact) mass is 241 g/mol. The van der Waals surface area contributed by atoms with Gasteiger partial charge in [-0.15, -0.1) is 0 Å². The van der Waals surface area contributed by atoms with Crippen molar-refractivity contribution >= 4 is 11.8 Å². The third-order valence-electron chi connectivity index (χ3n) is 2.65. The Morgan fingerprint density at radius 3 is 2.94 bits per heavy atom. The fourth-order valence-corrected chi connectivity index (χ4v) is 2.25. The third-order valence-corrected chi connectivity index (χ3v) is 3.30. The summed E-state index contributed by atoms with van der Waals surface area (Å²) in [6, 6.07) is 0.405. The lowest BCUT2D eigenvalue weighted by Crippen LogP contribution is -2.25. The summed E-state index contributed by atoms with van der Waals surface area (Å²) in [6.07, 6.45) is 8.44. The maximum atomic E-state index is 4.48. The minimum absolute atomic E-state index is 0.405. The Hall–Kier alpha value is -0.480. The fraction of sp³-hybridized carbons (Fsp3) is 0.750. The lowest BCUT2D eigenvalue weighted by atomic mass is 10.2. The molecule has 16 heavy (non-hydrogen) atoms. The Morgan fingerprint density at radius 2 is 2.31 bits per heavy atom. The minimum atomic E-state index is 0.405. The van der Waals surface area contributed by atoms with Gasteiger partial charge >= 0.3 is 0 Å². The molecule has 0 saturated carbocycles. The van der Waals surface area contributed by atoms with Crippen LogP contribution in [0.25, 0.3) is 0 Å². The summed E-state index contributed by atoms with van der Waals surface area (Å²) >= 11 is 1.90. The van der Waals surface area contributed by atoms with Crippen molar-refractivity contribution in [2.24, 2.45) is 0 Å². The molecule has 0 aliphatic carbocycles. The highest BCUT2D eigenvalue weighted by atomic mass is 32.2. The van der Waals surface area contributed by atoms with Crippen LogP contribution in [0.1, 0.15) is 38.6 Å². The van der Waals surface area contributed by atoms with E-state index in [1.54, 1.807) is 0 Å². The molecule has 1 aromatic rings. The number of thioether (sulfide) groups is 1. The molecule has 0 aromatic carbocycles. The van der Waals surface area contributed by atoms with Crippen LogP contribution in [0.5, 0.6) is 0 Å². The summed E-state index contributed by atoms with van der Waals surface area (Å²) in [7, 11) is 0. The Kier molecular flexibility index (Phi) is 6.57. The highest BCUT2D eigenvalue weighted by molar-refractivity contribution is 7.98. The number of aromatic nitrogens is 2. The van der Waals surface area contributed by atoms with Crippen LogP contribution in [0.15, 0.2) is 12.4 Å². The van der Waals surface area contributed by atoms with Gasteiger partial charge in [0, 0.05) is 18.9 Å². The maximum absolute atomic E-state index is 4.48. The number of nitrogens with zero attached hydrogens (tertiary/aromatic N) is 2. The zero-order valence-corrected chi connectivity index (χ0v) is 11.4. The van der Waals surface area contributed by atoms with E-state index in [9.17, 15) is 0 Å². The van der Waals surface area contributed by atoms with Crippen LogP contribution < -0.4 is 5.32 Å². The van der Waals surface area contributed by atoms with Crippen LogP contribution in [0.4, 0.5) is 0 Å². The van der Waals surface area contributed by atoms with Crippen LogP contribution in [0.2, 0.25) is 0 Å². The summed E-state index contributed by atoms with van der Waals surface area (Å²) in [6.45, 7) is 6.43. The third kappa shape index (κ3) is 3.83. The molecule has 0 aliphatic heterocycles. The standard InChI is InChI=1S/C12H23N3S/c1-4-7-13-11(6-10-16-3)12-14-8-9-15(12)5-2/h8-9,11,13H,4-7,10H2,1-3H3. The van der Waals surface area contributed by atoms with E-state index in [2.05, 4.69) is 41.2 Å². The van der Waals surface area contributed by atoms with E-state index in [1.807, 2.05) is 18.0 Å². The van der Waals surface area contributed by atoms with Gasteiger partial charge in [-0.1, -0.05) is 6.92 Å². The van der Waals surface area contributed by atoms with E-state index < -0.39 is 0 Å². The van der Waals surface area contributed by atoms with Gasteiger partial charge in [-0.05, 0) is 38.3 Å². The van der Waals surface area contributed by atoms with Gasteiger partial charge in [0.2, 0.25) is 0 Å². The van der Waals surface area contributed by atoms with Gasteiger partial charge in [0.1, 0.15) is 5.82 Å². The molecule has 0 saturated heterocycles. The Labute approximate surface area is 103 Å². The molecule has 92 valence electrons. The molecule has 1 rings (SSSR count). The Morgan fingerprint density at radius 1 is 1.50 bits per heavy atom. The molecule has 0 bridgehead atoms. The molecular weight excluding hydrogens is 218 g/mol. The summed E-state index contributed by atoms with van der Waals surface area (Å²) in [5.41, 5.74) is 0. The molecule has 3 nitrogen and oxygen atoms in total. The Balaban J connectivity index is 2.66. The van der Waals surface area contributed by atoms with Crippen LogP contribution in [-0.2, 0) is 6.54 Å². The fourth-order valence-electron chi connectivity index (χ4n) is 1.77. The first-order valence-corrected chi connectivity index (χ1v) is 7.46. The molecule has 0 radical (unpaired) electrons. The van der Waals surface area contributed by atoms with E-state index in [-0.39, 0.29) is 0 Å². The first-order chi connectivity index (χ1) is 7.83. The number of imidazole rings is 1. The number of rotatable bonds is 8. The average Bonchev–Trinajstić information content (AvgIpc) is 2.77. The molecule has 0 aliphatic rings. The highest BCUT2D eigenvalue weighted by Gasteiger charge is 2.14. The summed E-state index contributed by atoms with van der Waals surface area (Å²) in [4.78, 5) is 4.48. The van der Waals surface area contributed by atoms with Gasteiger partial charge in [-0.2, -0.15) is 11.8 Å². The average molecular weight is 241 g/mol. The van der Waals surface area contributed by atoms with Crippen molar-refractivity contribution in [1.29, 1.82) is 0 Å². The van der Waals surface area contributed by atoms with Gasteiger partial charge in [-0.25, -0.2) is 4.98 Å². The van der Waals surface area contributed by atoms with Crippen molar-refractivity contribution in [3.63, 3.8) is 0 Å². The highest BCUT2D eigenvalue weighted by Crippen LogP contribution is 2.17. The Bertz CT molecular complexity index is 278. The summed E-state index contributed by atoms with van der Waals surface area (Å²) < 4.78 is 2.23. The van der Waals surface area contributed by atoms with Crippen LogP contribution in [0, 0.1) is 0 Å². The van der Waals surface area contributed by atoms with E-state index in [4.69, 9.17) is 0 Å². The van der Waals surface area contributed by atoms with Crippen molar-refractivity contribution in [2.75, 3.05) is 18.6 Å². The van der Waals surface area contributed by atoms with E-state index >= 15 is 0 Å². The molecular formula is C12H23N3S. The molecule has 1 N–H and O–H groups in total. The van der Waals surface area contributed by atoms with Crippen molar-refractivity contribution in [2.45, 2.75) is 39.3 Å². The molecule has 4 heteroatoms. The van der Waals surface area contributed by atoms with Crippen molar-refractivity contribution < 1.29 is 0 Å². The largest absolute Gasteiger partial charge is 0.334 e. The van der Waals surface area contributed by atoms with Gasteiger partial charge in [0.15, 0.2) is 0 Å². The summed E-state index contributed by atoms with van der Waals surface area (Å²) in [5, 5.41) is 3.58. The smallest absolute Gasteiger partial charge is 0.125 e. The van der Waals surface area contributed by atoms with Gasteiger partial charge in [-0.3, -0.25) is 0 Å². The molecule has 1 heterocycles. The first-order valence-electron chi connectivity index (χ1n) is 6.06. The molecule has 1 atom stereocenters. The van der Waals surface area contributed by atoms with E-state index in [0.29, 0.717) is 6.04 Å². The van der Waals surface area contributed by atoms with Crippen molar-refractivity contribution in [1.82, 2.24) is 14.9 Å². The molecule has 0 spiro atoms. The summed E-state index contributed by atoms with van der Waals surface area (Å²) in [5.74, 6) is 2.36. The van der Waals surface area contributed by atoms with Crippen LogP contribution >= 0.6 is 11.8 Å². The lowest BCUT2D eigenvalue weighted by Gasteiger charge is -2.18. The lowest BCUT2D eigenvalue weighted by molar-refractivity contribution is 0.476. The second-order valence-electron chi connectivity index (χ2n) is 3.86. The number of nitrogens with one attached hydrogen (secondary N) is 1.